The summed E-state index contributed by atoms with van der Waals surface area (Å²) in [6, 6.07) is 0. The van der Waals surface area contributed by atoms with Crippen LogP contribution in [-0.2, 0) is 0 Å². The maximum Gasteiger partial charge on any atom is 0.0789 e. The maximum atomic E-state index is 10.5. The van der Waals surface area contributed by atoms with E-state index in [0.29, 0.717) is 0 Å². The molecule has 2 N–H and O–H groups in total. The van der Waals surface area contributed by atoms with Gasteiger partial charge in [0.25, 0.3) is 0 Å². The average molecular weight is 304 g/mol. The molecule has 0 amide bonds. The Morgan fingerprint density at radius 3 is 2.18 bits per heavy atom. The number of aliphatic hydroxyl groups is 2. The second-order valence-corrected chi connectivity index (χ2v) is 6.64. The van der Waals surface area contributed by atoms with Crippen molar-refractivity contribution >= 4 is 0 Å². The van der Waals surface area contributed by atoms with Gasteiger partial charge in [0.2, 0.25) is 0 Å². The maximum absolute atomic E-state index is 10.5. The SMILES string of the molecule is C=C(CO)[C@@H]1CC/C(C)=C\CC/C(C)=C\CC/C(C)=C\[C@H]1O. The van der Waals surface area contributed by atoms with Crippen molar-refractivity contribution in [3.8, 4) is 0 Å². The zero-order valence-corrected chi connectivity index (χ0v) is 14.4. The fourth-order valence-electron chi connectivity index (χ4n) is 2.90. The first-order valence-corrected chi connectivity index (χ1v) is 8.39. The van der Waals surface area contributed by atoms with Gasteiger partial charge in [-0.3, -0.25) is 0 Å². The minimum Gasteiger partial charge on any atom is -0.392 e. The van der Waals surface area contributed by atoms with E-state index in [4.69, 9.17) is 0 Å². The molecular formula is C20H32O2. The van der Waals surface area contributed by atoms with Crippen molar-refractivity contribution in [2.24, 2.45) is 5.92 Å². The van der Waals surface area contributed by atoms with Crippen LogP contribution in [0, 0.1) is 5.92 Å². The van der Waals surface area contributed by atoms with Crippen LogP contribution in [-0.4, -0.2) is 22.9 Å². The molecule has 0 bridgehead atoms. The molecule has 0 saturated heterocycles. The molecule has 0 aromatic carbocycles. The van der Waals surface area contributed by atoms with E-state index in [1.165, 1.54) is 16.7 Å². The lowest BCUT2D eigenvalue weighted by molar-refractivity contribution is 0.155. The zero-order chi connectivity index (χ0) is 16.5. The predicted molar refractivity (Wildman–Crippen MR) is 94.7 cm³/mol. The highest BCUT2D eigenvalue weighted by molar-refractivity contribution is 5.14. The molecule has 124 valence electrons. The monoisotopic (exact) mass is 304 g/mol. The molecule has 0 aromatic rings. The standard InChI is InChI=1S/C20H32O2/c1-15-7-5-9-16(2)11-12-19(18(4)14-21)20(22)13-17(3)10-6-8-15/h8-9,13,19-22H,4-7,10-12,14H2,1-3H3/b15-8-,16-9-,17-13-/t19-,20+/m0/s1. The summed E-state index contributed by atoms with van der Waals surface area (Å²) in [5.74, 6) is -0.0662. The third-order valence-electron chi connectivity index (χ3n) is 4.51. The van der Waals surface area contributed by atoms with Crippen molar-refractivity contribution in [1.29, 1.82) is 0 Å². The van der Waals surface area contributed by atoms with Gasteiger partial charge in [-0.2, -0.15) is 0 Å². The Hall–Kier alpha value is -1.12. The summed E-state index contributed by atoms with van der Waals surface area (Å²) < 4.78 is 0. The van der Waals surface area contributed by atoms with Gasteiger partial charge < -0.3 is 10.2 Å². The molecule has 0 aromatic heterocycles. The summed E-state index contributed by atoms with van der Waals surface area (Å²) in [4.78, 5) is 0. The average Bonchev–Trinajstić information content (AvgIpc) is 2.46. The lowest BCUT2D eigenvalue weighted by atomic mass is 9.87. The number of rotatable bonds is 2. The molecule has 0 radical (unpaired) electrons. The van der Waals surface area contributed by atoms with Crippen molar-refractivity contribution in [3.05, 3.63) is 47.1 Å². The molecule has 0 heterocycles. The smallest absolute Gasteiger partial charge is 0.0789 e. The first-order chi connectivity index (χ1) is 10.4. The van der Waals surface area contributed by atoms with Crippen LogP contribution in [0.25, 0.3) is 0 Å². The van der Waals surface area contributed by atoms with Gasteiger partial charge in [0.1, 0.15) is 0 Å². The summed E-state index contributed by atoms with van der Waals surface area (Å²) >= 11 is 0. The van der Waals surface area contributed by atoms with E-state index in [2.05, 4.69) is 39.5 Å². The van der Waals surface area contributed by atoms with Crippen LogP contribution in [0.15, 0.2) is 47.1 Å². The van der Waals surface area contributed by atoms with Gasteiger partial charge in [-0.15, -0.1) is 0 Å². The van der Waals surface area contributed by atoms with Gasteiger partial charge >= 0.3 is 0 Å². The highest BCUT2D eigenvalue weighted by Crippen LogP contribution is 2.25. The van der Waals surface area contributed by atoms with Gasteiger partial charge in [-0.05, 0) is 64.9 Å². The second kappa shape index (κ2) is 9.81. The molecule has 0 spiro atoms. The number of hydrogen-bond acceptors (Lipinski definition) is 2. The Morgan fingerprint density at radius 1 is 1.05 bits per heavy atom. The van der Waals surface area contributed by atoms with Gasteiger partial charge in [-0.25, -0.2) is 0 Å². The number of allylic oxidation sites excluding steroid dienone is 5. The van der Waals surface area contributed by atoms with Crippen molar-refractivity contribution in [1.82, 2.24) is 0 Å². The van der Waals surface area contributed by atoms with Crippen molar-refractivity contribution < 1.29 is 10.2 Å². The van der Waals surface area contributed by atoms with Gasteiger partial charge in [0.05, 0.1) is 12.7 Å². The summed E-state index contributed by atoms with van der Waals surface area (Å²) in [7, 11) is 0. The minimum absolute atomic E-state index is 0.0562. The van der Waals surface area contributed by atoms with E-state index in [1.54, 1.807) is 0 Å². The fraction of sp³-hybridized carbons (Fsp3) is 0.600. The van der Waals surface area contributed by atoms with Crippen LogP contribution in [0.1, 0.15) is 59.3 Å². The van der Waals surface area contributed by atoms with Crippen LogP contribution in [0.2, 0.25) is 0 Å². The van der Waals surface area contributed by atoms with Crippen LogP contribution >= 0.6 is 0 Å². The third kappa shape index (κ3) is 6.76. The molecule has 2 nitrogen and oxygen atoms in total. The largest absolute Gasteiger partial charge is 0.392 e. The minimum atomic E-state index is -0.555. The van der Waals surface area contributed by atoms with Crippen LogP contribution in [0.4, 0.5) is 0 Å². The second-order valence-electron chi connectivity index (χ2n) is 6.64. The summed E-state index contributed by atoms with van der Waals surface area (Å²) in [6.07, 6.45) is 12.0. The molecule has 2 heteroatoms. The molecule has 0 saturated carbocycles. The Labute approximate surface area is 135 Å². The third-order valence-corrected chi connectivity index (χ3v) is 4.51. The first-order valence-electron chi connectivity index (χ1n) is 8.39. The van der Waals surface area contributed by atoms with Crippen molar-refractivity contribution in [2.75, 3.05) is 6.61 Å². The Bertz CT molecular complexity index is 454. The lowest BCUT2D eigenvalue weighted by Crippen LogP contribution is -2.22. The quantitative estimate of drug-likeness (QED) is 0.726. The van der Waals surface area contributed by atoms with Crippen LogP contribution in [0.5, 0.6) is 0 Å². The molecule has 1 aliphatic rings. The molecule has 1 aliphatic carbocycles. The van der Waals surface area contributed by atoms with Gasteiger partial charge in [0, 0.05) is 5.92 Å². The van der Waals surface area contributed by atoms with E-state index in [9.17, 15) is 10.2 Å². The Kier molecular flexibility index (Phi) is 8.44. The molecule has 1 rings (SSSR count). The van der Waals surface area contributed by atoms with E-state index in [-0.39, 0.29) is 12.5 Å². The summed E-state index contributed by atoms with van der Waals surface area (Å²) in [5.41, 5.74) is 4.73. The molecular weight excluding hydrogens is 272 g/mol. The summed E-state index contributed by atoms with van der Waals surface area (Å²) in [5, 5.41) is 19.9. The molecule has 2 atom stereocenters. The summed E-state index contributed by atoms with van der Waals surface area (Å²) in [6.45, 7) is 10.3. The normalized spacial score (nSPS) is 32.7. The highest BCUT2D eigenvalue weighted by atomic mass is 16.3. The van der Waals surface area contributed by atoms with E-state index in [0.717, 1.165) is 44.1 Å². The van der Waals surface area contributed by atoms with E-state index >= 15 is 0 Å². The van der Waals surface area contributed by atoms with Crippen molar-refractivity contribution in [3.63, 3.8) is 0 Å². The van der Waals surface area contributed by atoms with Crippen molar-refractivity contribution in [2.45, 2.75) is 65.4 Å². The van der Waals surface area contributed by atoms with E-state index < -0.39 is 6.10 Å². The molecule has 0 unspecified atom stereocenters. The fourth-order valence-corrected chi connectivity index (χ4v) is 2.90. The lowest BCUT2D eigenvalue weighted by Gasteiger charge is -2.23. The van der Waals surface area contributed by atoms with Crippen LogP contribution < -0.4 is 0 Å². The Morgan fingerprint density at radius 2 is 1.59 bits per heavy atom. The van der Waals surface area contributed by atoms with Gasteiger partial charge in [0.15, 0.2) is 0 Å². The zero-order valence-electron chi connectivity index (χ0n) is 14.4. The Balaban J connectivity index is 2.93. The van der Waals surface area contributed by atoms with Crippen LogP contribution in [0.3, 0.4) is 0 Å². The first kappa shape index (κ1) is 18.9. The number of hydrogen-bond donors (Lipinski definition) is 2. The molecule has 0 aliphatic heterocycles. The van der Waals surface area contributed by atoms with E-state index in [1.807, 2.05) is 6.08 Å². The van der Waals surface area contributed by atoms with Gasteiger partial charge in [-0.1, -0.05) is 41.5 Å². The predicted octanol–water partition coefficient (Wildman–Crippen LogP) is 4.71. The number of aliphatic hydroxyl groups excluding tert-OH is 2. The topological polar surface area (TPSA) is 40.5 Å². The molecule has 22 heavy (non-hydrogen) atoms. The highest BCUT2D eigenvalue weighted by Gasteiger charge is 2.20. The molecule has 0 fully saturated rings.